The quantitative estimate of drug-likeness (QED) is 0.299. The predicted molar refractivity (Wildman–Crippen MR) is 81.8 cm³/mol. The smallest absolute Gasteiger partial charge is 0.192 e. The minimum absolute atomic E-state index is 0.181. The zero-order valence-electron chi connectivity index (χ0n) is 13.0. The van der Waals surface area contributed by atoms with Gasteiger partial charge >= 0.3 is 0 Å². The number of hydrogen-bond donors (Lipinski definition) is 0. The molecule has 0 aromatic heterocycles. The van der Waals surface area contributed by atoms with Crippen LogP contribution in [-0.4, -0.2) is 27.5 Å². The van der Waals surface area contributed by atoms with Gasteiger partial charge in [0.05, 0.1) is 0 Å². The summed E-state index contributed by atoms with van der Waals surface area (Å²) in [6.07, 6.45) is 1.80. The summed E-state index contributed by atoms with van der Waals surface area (Å²) < 4.78 is 6.32. The Hall–Kier alpha value is -1.20. The summed E-state index contributed by atoms with van der Waals surface area (Å²) in [7, 11) is -1.77. The van der Waals surface area contributed by atoms with E-state index in [0.29, 0.717) is 13.1 Å². The van der Waals surface area contributed by atoms with Crippen LogP contribution in [0.5, 0.6) is 0 Å². The van der Waals surface area contributed by atoms with Gasteiger partial charge in [0.1, 0.15) is 0 Å². The maximum absolute atomic E-state index is 8.46. The average molecular weight is 296 g/mol. The lowest BCUT2D eigenvalue weighted by Crippen LogP contribution is -2.53. The molecule has 0 unspecified atom stereocenters. The molecule has 0 atom stereocenters. The summed E-state index contributed by atoms with van der Waals surface area (Å²) in [6.45, 7) is 11.8. The molecule has 1 aliphatic carbocycles. The molecular weight excluding hydrogens is 272 g/mol. The molecule has 0 aliphatic heterocycles. The third-order valence-electron chi connectivity index (χ3n) is 4.53. The minimum Gasteiger partial charge on any atom is -0.414 e. The zero-order valence-corrected chi connectivity index (χ0v) is 14.0. The normalized spacial score (nSPS) is 26.1. The van der Waals surface area contributed by atoms with Gasteiger partial charge in [0, 0.05) is 29.0 Å². The molecule has 7 nitrogen and oxygen atoms in total. The molecule has 112 valence electrons. The fraction of sp³-hybridized carbons (Fsp3) is 1.00. The Kier molecular flexibility index (Phi) is 5.10. The summed E-state index contributed by atoms with van der Waals surface area (Å²) in [5.74, 6) is 0. The van der Waals surface area contributed by atoms with Gasteiger partial charge in [0.25, 0.3) is 0 Å². The Morgan fingerprint density at radius 2 is 1.60 bits per heavy atom. The van der Waals surface area contributed by atoms with Crippen molar-refractivity contribution in [2.45, 2.75) is 57.8 Å². The van der Waals surface area contributed by atoms with Gasteiger partial charge in [0.15, 0.2) is 8.32 Å². The monoisotopic (exact) mass is 296 g/mol. The second kappa shape index (κ2) is 6.05. The Balaban J connectivity index is 2.64. The number of rotatable bonds is 6. The molecular formula is C12H24N6OSi. The summed E-state index contributed by atoms with van der Waals surface area (Å²) in [5.41, 5.74) is 16.7. The SMILES string of the molecule is CC(C)(C)[Si](C)(C)OC1CC(CN=[N+]=[N-])(CN=[N+]=[N-])C1. The zero-order chi connectivity index (χ0) is 15.4. The van der Waals surface area contributed by atoms with Crippen LogP contribution in [0.1, 0.15) is 33.6 Å². The van der Waals surface area contributed by atoms with E-state index >= 15 is 0 Å². The van der Waals surface area contributed by atoms with Crippen molar-refractivity contribution in [1.29, 1.82) is 0 Å². The van der Waals surface area contributed by atoms with Crippen LogP contribution in [0.4, 0.5) is 0 Å². The van der Waals surface area contributed by atoms with Gasteiger partial charge < -0.3 is 4.43 Å². The highest BCUT2D eigenvalue weighted by Crippen LogP contribution is 2.47. The molecule has 0 saturated heterocycles. The van der Waals surface area contributed by atoms with Crippen LogP contribution in [0.2, 0.25) is 18.1 Å². The van der Waals surface area contributed by atoms with E-state index < -0.39 is 8.32 Å². The van der Waals surface area contributed by atoms with Crippen molar-refractivity contribution >= 4 is 8.32 Å². The topological polar surface area (TPSA) is 107 Å². The molecule has 0 spiro atoms. The van der Waals surface area contributed by atoms with E-state index in [0.717, 1.165) is 12.8 Å². The van der Waals surface area contributed by atoms with E-state index in [4.69, 9.17) is 15.5 Å². The first-order valence-corrected chi connectivity index (χ1v) is 9.76. The summed E-state index contributed by atoms with van der Waals surface area (Å²) in [5, 5.41) is 7.48. The highest BCUT2D eigenvalue weighted by Gasteiger charge is 2.48. The first-order chi connectivity index (χ1) is 9.16. The summed E-state index contributed by atoms with van der Waals surface area (Å²) >= 11 is 0. The first-order valence-electron chi connectivity index (χ1n) is 6.85. The molecule has 1 saturated carbocycles. The van der Waals surface area contributed by atoms with Gasteiger partial charge in [-0.2, -0.15) is 0 Å². The Morgan fingerprint density at radius 3 is 1.95 bits per heavy atom. The number of nitrogens with zero attached hydrogens (tertiary/aromatic N) is 6. The van der Waals surface area contributed by atoms with Gasteiger partial charge in [-0.3, -0.25) is 0 Å². The van der Waals surface area contributed by atoms with Crippen molar-refractivity contribution in [3.8, 4) is 0 Å². The van der Waals surface area contributed by atoms with Crippen molar-refractivity contribution in [2.24, 2.45) is 15.6 Å². The second-order valence-electron chi connectivity index (χ2n) is 7.19. The molecule has 1 aliphatic rings. The summed E-state index contributed by atoms with van der Waals surface area (Å²) in [4.78, 5) is 5.62. The summed E-state index contributed by atoms with van der Waals surface area (Å²) in [6, 6.07) is 0. The van der Waals surface area contributed by atoms with Crippen LogP contribution < -0.4 is 0 Å². The lowest BCUT2D eigenvalue weighted by atomic mass is 9.67. The second-order valence-corrected chi connectivity index (χ2v) is 11.9. The molecule has 0 N–H and O–H groups in total. The highest BCUT2D eigenvalue weighted by atomic mass is 28.4. The van der Waals surface area contributed by atoms with E-state index in [1.165, 1.54) is 0 Å². The van der Waals surface area contributed by atoms with E-state index in [2.05, 4.69) is 53.9 Å². The fourth-order valence-electron chi connectivity index (χ4n) is 2.25. The largest absolute Gasteiger partial charge is 0.414 e. The van der Waals surface area contributed by atoms with Crippen molar-refractivity contribution < 1.29 is 4.43 Å². The number of hydrogen-bond acceptors (Lipinski definition) is 3. The highest BCUT2D eigenvalue weighted by molar-refractivity contribution is 6.74. The van der Waals surface area contributed by atoms with Crippen LogP contribution in [0, 0.1) is 5.41 Å². The molecule has 0 heterocycles. The minimum atomic E-state index is -1.77. The molecule has 0 aromatic carbocycles. The maximum Gasteiger partial charge on any atom is 0.192 e. The number of azide groups is 2. The first kappa shape index (κ1) is 16.9. The molecule has 20 heavy (non-hydrogen) atoms. The van der Waals surface area contributed by atoms with Crippen molar-refractivity contribution in [3.05, 3.63) is 20.9 Å². The fourth-order valence-corrected chi connectivity index (χ4v) is 3.61. The average Bonchev–Trinajstić information content (AvgIpc) is 2.28. The molecule has 0 radical (unpaired) electrons. The van der Waals surface area contributed by atoms with Crippen molar-refractivity contribution in [3.63, 3.8) is 0 Å². The predicted octanol–water partition coefficient (Wildman–Crippen LogP) is 4.78. The van der Waals surface area contributed by atoms with Gasteiger partial charge in [-0.15, -0.1) is 0 Å². The molecule has 1 fully saturated rings. The van der Waals surface area contributed by atoms with Crippen LogP contribution in [0.3, 0.4) is 0 Å². The van der Waals surface area contributed by atoms with Gasteiger partial charge in [-0.1, -0.05) is 31.0 Å². The third-order valence-corrected chi connectivity index (χ3v) is 9.06. The van der Waals surface area contributed by atoms with Crippen LogP contribution in [0.25, 0.3) is 20.9 Å². The van der Waals surface area contributed by atoms with Crippen molar-refractivity contribution in [1.82, 2.24) is 0 Å². The van der Waals surface area contributed by atoms with E-state index in [1.54, 1.807) is 0 Å². The third kappa shape index (κ3) is 3.90. The van der Waals surface area contributed by atoms with Gasteiger partial charge in [0.2, 0.25) is 0 Å². The van der Waals surface area contributed by atoms with Crippen molar-refractivity contribution in [2.75, 3.05) is 13.1 Å². The van der Waals surface area contributed by atoms with Crippen LogP contribution in [-0.2, 0) is 4.43 Å². The maximum atomic E-state index is 8.46. The van der Waals surface area contributed by atoms with E-state index in [9.17, 15) is 0 Å². The molecule has 8 heteroatoms. The van der Waals surface area contributed by atoms with E-state index in [-0.39, 0.29) is 16.6 Å². The molecule has 0 aromatic rings. The Bertz CT molecular complexity index is 417. The Morgan fingerprint density at radius 1 is 1.15 bits per heavy atom. The van der Waals surface area contributed by atoms with Gasteiger partial charge in [-0.05, 0) is 47.5 Å². The van der Waals surface area contributed by atoms with Crippen LogP contribution >= 0.6 is 0 Å². The Labute approximate surface area is 121 Å². The van der Waals surface area contributed by atoms with Crippen LogP contribution in [0.15, 0.2) is 10.2 Å². The molecule has 0 amide bonds. The lowest BCUT2D eigenvalue weighted by molar-refractivity contribution is -0.0113. The standard InChI is InChI=1S/C12H24N6OSi/c1-11(2,3)20(4,5)19-10-6-12(7-10,8-15-17-13)9-16-18-14/h10H,6-9H2,1-5H3. The lowest BCUT2D eigenvalue weighted by Gasteiger charge is -2.50. The molecule has 0 bridgehead atoms. The van der Waals surface area contributed by atoms with Gasteiger partial charge in [-0.25, -0.2) is 0 Å². The van der Waals surface area contributed by atoms with E-state index in [1.807, 2.05) is 0 Å². The molecule has 1 rings (SSSR count).